The van der Waals surface area contributed by atoms with Crippen molar-refractivity contribution >= 4 is 5.91 Å². The Morgan fingerprint density at radius 1 is 1.42 bits per heavy atom. The number of nitrogens with zero attached hydrogens (tertiary/aromatic N) is 4. The summed E-state index contributed by atoms with van der Waals surface area (Å²) < 4.78 is 43.4. The van der Waals surface area contributed by atoms with E-state index in [9.17, 15) is 18.0 Å². The summed E-state index contributed by atoms with van der Waals surface area (Å²) in [6.07, 6.45) is 0.172. The first kappa shape index (κ1) is 16.2. The van der Waals surface area contributed by atoms with Crippen LogP contribution in [-0.4, -0.2) is 50.2 Å². The molecule has 2 aromatic rings. The summed E-state index contributed by atoms with van der Waals surface area (Å²) in [6, 6.07) is 0.440. The van der Waals surface area contributed by atoms with Crippen LogP contribution in [-0.2, 0) is 6.18 Å². The molecule has 1 fully saturated rings. The second-order valence-electron chi connectivity index (χ2n) is 5.34. The maximum atomic E-state index is 12.7. The Labute approximate surface area is 134 Å². The Balaban J connectivity index is 1.67. The predicted octanol–water partition coefficient (Wildman–Crippen LogP) is 1.90. The number of carbonyl (C=O) groups is 1. The lowest BCUT2D eigenvalue weighted by atomic mass is 10.1. The number of H-pyrrole nitrogens is 1. The van der Waals surface area contributed by atoms with Gasteiger partial charge in [0.2, 0.25) is 0 Å². The van der Waals surface area contributed by atoms with E-state index in [-0.39, 0.29) is 18.5 Å². The highest BCUT2D eigenvalue weighted by Gasteiger charge is 2.33. The van der Waals surface area contributed by atoms with Crippen LogP contribution in [0.25, 0.3) is 0 Å². The lowest BCUT2D eigenvalue weighted by molar-refractivity contribution is -0.141. The number of aromatic amines is 1. The van der Waals surface area contributed by atoms with Gasteiger partial charge in [-0.3, -0.25) is 9.89 Å². The van der Waals surface area contributed by atoms with Crippen LogP contribution in [0.4, 0.5) is 13.2 Å². The van der Waals surface area contributed by atoms with Gasteiger partial charge in [0.05, 0.1) is 18.3 Å². The number of halogens is 3. The second kappa shape index (κ2) is 6.46. The molecule has 0 aromatic carbocycles. The Morgan fingerprint density at radius 3 is 2.96 bits per heavy atom. The monoisotopic (exact) mass is 341 g/mol. The van der Waals surface area contributed by atoms with Crippen molar-refractivity contribution in [3.63, 3.8) is 0 Å². The Bertz CT molecular complexity index is 705. The van der Waals surface area contributed by atoms with E-state index in [1.807, 2.05) is 0 Å². The lowest BCUT2D eigenvalue weighted by Crippen LogP contribution is -2.44. The minimum atomic E-state index is -4.56. The number of hydrogen-bond acceptors (Lipinski definition) is 5. The fourth-order valence-electron chi connectivity index (χ4n) is 2.47. The van der Waals surface area contributed by atoms with Crippen molar-refractivity contribution in [2.75, 3.05) is 13.1 Å². The lowest BCUT2D eigenvalue weighted by Gasteiger charge is -2.32. The molecule has 1 aliphatic heterocycles. The van der Waals surface area contributed by atoms with Crippen LogP contribution >= 0.6 is 0 Å². The average Bonchev–Trinajstić information content (AvgIpc) is 3.08. The predicted molar refractivity (Wildman–Crippen MR) is 75.2 cm³/mol. The summed E-state index contributed by atoms with van der Waals surface area (Å²) in [5.74, 6) is -0.206. The van der Waals surface area contributed by atoms with E-state index in [2.05, 4.69) is 20.2 Å². The zero-order chi connectivity index (χ0) is 17.2. The van der Waals surface area contributed by atoms with Crippen molar-refractivity contribution in [3.8, 4) is 6.01 Å². The van der Waals surface area contributed by atoms with Gasteiger partial charge in [0.1, 0.15) is 6.10 Å². The number of aromatic nitrogens is 4. The first-order valence-corrected chi connectivity index (χ1v) is 7.28. The Hall–Kier alpha value is -2.65. The number of piperidine rings is 1. The number of hydrogen-bond donors (Lipinski definition) is 1. The van der Waals surface area contributed by atoms with Crippen LogP contribution in [0.15, 0.2) is 24.7 Å². The zero-order valence-corrected chi connectivity index (χ0v) is 12.5. The molecule has 1 unspecified atom stereocenters. The average molecular weight is 341 g/mol. The molecule has 10 heteroatoms. The summed E-state index contributed by atoms with van der Waals surface area (Å²) in [5, 5.41) is 6.29. The third-order valence-electron chi connectivity index (χ3n) is 3.61. The molecule has 0 aliphatic carbocycles. The number of nitrogens with one attached hydrogen (secondary N) is 1. The molecule has 0 bridgehead atoms. The molecule has 7 nitrogen and oxygen atoms in total. The summed E-state index contributed by atoms with van der Waals surface area (Å²) in [5.41, 5.74) is -0.638. The molecule has 1 aliphatic rings. The standard InChI is InChI=1S/C14H14F3N5O2/c15-14(16,17)11-3-4-18-13(21-11)24-10-2-1-5-22(8-10)12(23)9-6-19-20-7-9/h3-4,6-7,10H,1-2,5,8H2,(H,19,20). The first-order valence-electron chi connectivity index (χ1n) is 7.28. The van der Waals surface area contributed by atoms with Crippen molar-refractivity contribution in [3.05, 3.63) is 35.9 Å². The van der Waals surface area contributed by atoms with E-state index in [0.29, 0.717) is 24.9 Å². The van der Waals surface area contributed by atoms with Crippen LogP contribution in [0.2, 0.25) is 0 Å². The van der Waals surface area contributed by atoms with Crippen molar-refractivity contribution in [2.24, 2.45) is 0 Å². The van der Waals surface area contributed by atoms with Crippen molar-refractivity contribution in [1.29, 1.82) is 0 Å². The number of amides is 1. The SMILES string of the molecule is O=C(c1cn[nH]c1)N1CCCC(Oc2nccc(C(F)(F)F)n2)C1. The molecule has 1 atom stereocenters. The van der Waals surface area contributed by atoms with Crippen LogP contribution in [0, 0.1) is 0 Å². The highest BCUT2D eigenvalue weighted by Crippen LogP contribution is 2.28. The maximum Gasteiger partial charge on any atom is 0.433 e. The summed E-state index contributed by atoms with van der Waals surface area (Å²) in [4.78, 5) is 20.9. The smallest absolute Gasteiger partial charge is 0.433 e. The number of alkyl halides is 3. The highest BCUT2D eigenvalue weighted by molar-refractivity contribution is 5.93. The van der Waals surface area contributed by atoms with Crippen LogP contribution in [0.1, 0.15) is 28.9 Å². The maximum absolute atomic E-state index is 12.7. The Kier molecular flexibility index (Phi) is 4.36. The fraction of sp³-hybridized carbons (Fsp3) is 0.429. The normalized spacial score (nSPS) is 18.5. The van der Waals surface area contributed by atoms with Gasteiger partial charge >= 0.3 is 12.2 Å². The van der Waals surface area contributed by atoms with Gasteiger partial charge in [-0.1, -0.05) is 0 Å². The van der Waals surface area contributed by atoms with Crippen LogP contribution in [0.3, 0.4) is 0 Å². The molecule has 2 aromatic heterocycles. The van der Waals surface area contributed by atoms with E-state index in [0.717, 1.165) is 12.3 Å². The minimum absolute atomic E-state index is 0.206. The molecule has 1 saturated heterocycles. The molecule has 0 spiro atoms. The molecule has 0 saturated carbocycles. The molecular formula is C14H14F3N5O2. The minimum Gasteiger partial charge on any atom is -0.458 e. The van der Waals surface area contributed by atoms with E-state index in [4.69, 9.17) is 4.74 Å². The van der Waals surface area contributed by atoms with E-state index in [1.54, 1.807) is 4.90 Å². The fourth-order valence-corrected chi connectivity index (χ4v) is 2.47. The second-order valence-corrected chi connectivity index (χ2v) is 5.34. The Morgan fingerprint density at radius 2 is 2.25 bits per heavy atom. The van der Waals surface area contributed by atoms with Crippen molar-refractivity contribution in [1.82, 2.24) is 25.1 Å². The quantitative estimate of drug-likeness (QED) is 0.922. The van der Waals surface area contributed by atoms with Crippen molar-refractivity contribution in [2.45, 2.75) is 25.1 Å². The number of rotatable bonds is 3. The van der Waals surface area contributed by atoms with E-state index < -0.39 is 18.0 Å². The molecule has 1 N–H and O–H groups in total. The van der Waals surface area contributed by atoms with Gasteiger partial charge < -0.3 is 9.64 Å². The summed E-state index contributed by atoms with van der Waals surface area (Å²) >= 11 is 0. The molecule has 3 heterocycles. The van der Waals surface area contributed by atoms with E-state index in [1.165, 1.54) is 12.4 Å². The van der Waals surface area contributed by atoms with Gasteiger partial charge in [-0.25, -0.2) is 4.98 Å². The molecule has 1 amide bonds. The summed E-state index contributed by atoms with van der Waals surface area (Å²) in [6.45, 7) is 0.803. The number of likely N-dealkylation sites (tertiary alicyclic amines) is 1. The third-order valence-corrected chi connectivity index (χ3v) is 3.61. The molecule has 128 valence electrons. The molecule has 0 radical (unpaired) electrons. The topological polar surface area (TPSA) is 84.0 Å². The molecule has 3 rings (SSSR count). The number of ether oxygens (including phenoxy) is 1. The molecular weight excluding hydrogens is 327 g/mol. The van der Waals surface area contributed by atoms with E-state index >= 15 is 0 Å². The van der Waals surface area contributed by atoms with Gasteiger partial charge in [0.25, 0.3) is 5.91 Å². The summed E-state index contributed by atoms with van der Waals surface area (Å²) in [7, 11) is 0. The van der Waals surface area contributed by atoms with Gasteiger partial charge in [0, 0.05) is 18.9 Å². The highest BCUT2D eigenvalue weighted by atomic mass is 19.4. The van der Waals surface area contributed by atoms with Gasteiger partial charge in [0.15, 0.2) is 5.69 Å². The third kappa shape index (κ3) is 3.63. The van der Waals surface area contributed by atoms with Gasteiger partial charge in [-0.15, -0.1) is 0 Å². The van der Waals surface area contributed by atoms with Gasteiger partial charge in [-0.05, 0) is 18.9 Å². The van der Waals surface area contributed by atoms with Gasteiger partial charge in [-0.2, -0.15) is 23.3 Å². The number of carbonyl (C=O) groups excluding carboxylic acids is 1. The largest absolute Gasteiger partial charge is 0.458 e. The van der Waals surface area contributed by atoms with Crippen molar-refractivity contribution < 1.29 is 22.7 Å². The van der Waals surface area contributed by atoms with Crippen LogP contribution < -0.4 is 4.74 Å². The van der Waals surface area contributed by atoms with Crippen LogP contribution in [0.5, 0.6) is 6.01 Å². The zero-order valence-electron chi connectivity index (χ0n) is 12.5. The molecule has 24 heavy (non-hydrogen) atoms. The first-order chi connectivity index (χ1) is 11.4.